The van der Waals surface area contributed by atoms with Crippen LogP contribution in [0.15, 0.2) is 53.8 Å². The second-order valence-electron chi connectivity index (χ2n) is 8.22. The van der Waals surface area contributed by atoms with Crippen LogP contribution in [-0.4, -0.2) is 18.5 Å². The third kappa shape index (κ3) is 1.65. The summed E-state index contributed by atoms with van der Waals surface area (Å²) < 4.78 is 4.99. The Morgan fingerprint density at radius 2 is 2.08 bits per heavy atom. The zero-order valence-electron chi connectivity index (χ0n) is 15.7. The Morgan fingerprint density at radius 1 is 1.28 bits per heavy atom. The summed E-state index contributed by atoms with van der Waals surface area (Å²) in [5.74, 6) is 1.89. The van der Waals surface area contributed by atoms with Crippen LogP contribution in [0.3, 0.4) is 0 Å². The van der Waals surface area contributed by atoms with Gasteiger partial charge in [0, 0.05) is 11.6 Å². The molecule has 2 unspecified atom stereocenters. The van der Waals surface area contributed by atoms with Crippen molar-refractivity contribution in [1.82, 2.24) is 4.48 Å². The monoisotopic (exact) mass is 330 g/mol. The van der Waals surface area contributed by atoms with Crippen LogP contribution >= 0.6 is 0 Å². The van der Waals surface area contributed by atoms with Crippen molar-refractivity contribution in [2.75, 3.05) is 11.9 Å². The number of hydrogen-bond donors (Lipinski definition) is 0. The van der Waals surface area contributed by atoms with Gasteiger partial charge in [-0.25, -0.2) is 4.57 Å². The van der Waals surface area contributed by atoms with E-state index in [0.29, 0.717) is 5.92 Å². The van der Waals surface area contributed by atoms with Gasteiger partial charge in [0.15, 0.2) is 0 Å². The van der Waals surface area contributed by atoms with E-state index >= 15 is 0 Å². The minimum absolute atomic E-state index is 0.0472. The van der Waals surface area contributed by atoms with Crippen LogP contribution in [0.4, 0.5) is 5.69 Å². The van der Waals surface area contributed by atoms with Crippen LogP contribution in [0.25, 0.3) is 11.4 Å². The summed E-state index contributed by atoms with van der Waals surface area (Å²) in [4.78, 5) is 2.45. The van der Waals surface area contributed by atoms with E-state index in [1.807, 2.05) is 0 Å². The first-order valence-electron chi connectivity index (χ1n) is 9.26. The summed E-state index contributed by atoms with van der Waals surface area (Å²) in [6.45, 7) is 9.34. The van der Waals surface area contributed by atoms with Gasteiger partial charge >= 0.3 is 6.98 Å². The van der Waals surface area contributed by atoms with Crippen molar-refractivity contribution in [3.8, 4) is 11.4 Å². The molecule has 2 atom stereocenters. The lowest BCUT2D eigenvalue weighted by Crippen LogP contribution is -2.60. The zero-order chi connectivity index (χ0) is 17.5. The smallest absolute Gasteiger partial charge is 0.372 e. The molecule has 3 heterocycles. The Labute approximate surface area is 150 Å². The van der Waals surface area contributed by atoms with Crippen molar-refractivity contribution < 1.29 is 4.57 Å². The molecular formula is C21H25BN3+. The first kappa shape index (κ1) is 15.1. The van der Waals surface area contributed by atoms with Gasteiger partial charge in [-0.15, -0.1) is 0 Å². The summed E-state index contributed by atoms with van der Waals surface area (Å²) >= 11 is 0. The van der Waals surface area contributed by atoms with Crippen LogP contribution in [0.1, 0.15) is 45.6 Å². The summed E-state index contributed by atoms with van der Waals surface area (Å²) in [6.07, 6.45) is 10.5. The van der Waals surface area contributed by atoms with Gasteiger partial charge in [-0.1, -0.05) is 23.8 Å². The Hall–Kier alpha value is -2.23. The van der Waals surface area contributed by atoms with Gasteiger partial charge in [0.05, 0.1) is 5.56 Å². The molecule has 0 saturated heterocycles. The first-order chi connectivity index (χ1) is 11.9. The molecule has 0 saturated carbocycles. The highest BCUT2D eigenvalue weighted by Gasteiger charge is 2.54. The van der Waals surface area contributed by atoms with Gasteiger partial charge in [0.1, 0.15) is 17.9 Å². The predicted octanol–water partition coefficient (Wildman–Crippen LogP) is 3.90. The second kappa shape index (κ2) is 4.69. The number of hydrogen-bond acceptors (Lipinski definition) is 1. The summed E-state index contributed by atoms with van der Waals surface area (Å²) in [5, 5.41) is 0. The largest absolute Gasteiger partial charge is 0.532 e. The fraction of sp³-hybridized carbons (Fsp3) is 0.381. The van der Waals surface area contributed by atoms with Gasteiger partial charge in [-0.3, -0.25) is 4.48 Å². The van der Waals surface area contributed by atoms with E-state index < -0.39 is 0 Å². The molecule has 0 bridgehead atoms. The standard InChI is InChI=1S/C21H25BN3/c1-14(2)15(3)22-23(5)18-10-6-8-16-17-9-7-11-21(17,4)24-12-13-25(22)20(24)19(16)18/h6-8,10-13,17H,9H2,1-5H3/q+1. The maximum Gasteiger partial charge on any atom is 0.532 e. The number of benzene rings is 1. The van der Waals surface area contributed by atoms with Crippen LogP contribution in [0, 0.1) is 0 Å². The highest BCUT2D eigenvalue weighted by molar-refractivity contribution is 6.70. The molecule has 3 aliphatic rings. The zero-order valence-corrected chi connectivity index (χ0v) is 15.7. The second-order valence-corrected chi connectivity index (χ2v) is 8.22. The molecule has 1 aliphatic carbocycles. The van der Waals surface area contributed by atoms with Crippen LogP contribution in [0.2, 0.25) is 0 Å². The maximum absolute atomic E-state index is 2.52. The number of allylic oxidation sites excluding steroid dienone is 4. The van der Waals surface area contributed by atoms with Gasteiger partial charge in [0.25, 0.3) is 5.82 Å². The molecule has 5 rings (SSSR count). The summed E-state index contributed by atoms with van der Waals surface area (Å²) in [5.41, 5.74) is 7.16. The Bertz CT molecular complexity index is 964. The van der Waals surface area contributed by atoms with Crippen molar-refractivity contribution in [3.05, 3.63) is 59.4 Å². The topological polar surface area (TPSA) is 12.1 Å². The first-order valence-corrected chi connectivity index (χ1v) is 9.26. The lowest BCUT2D eigenvalue weighted by atomic mass is 9.61. The van der Waals surface area contributed by atoms with E-state index in [2.05, 4.69) is 91.3 Å². The average Bonchev–Trinajstić information content (AvgIpc) is 3.19. The van der Waals surface area contributed by atoms with Crippen molar-refractivity contribution in [2.45, 2.75) is 45.6 Å². The number of anilines is 1. The number of fused-ring (bicyclic) bond motifs is 3. The normalized spacial score (nSPS) is 25.1. The minimum atomic E-state index is 0.0472. The molecule has 4 heteroatoms. The molecule has 2 aliphatic heterocycles. The lowest BCUT2D eigenvalue weighted by molar-refractivity contribution is -0.742. The number of aromatic nitrogens is 2. The Morgan fingerprint density at radius 3 is 2.84 bits per heavy atom. The van der Waals surface area contributed by atoms with Crippen molar-refractivity contribution >= 4 is 12.7 Å². The molecule has 25 heavy (non-hydrogen) atoms. The predicted molar refractivity (Wildman–Crippen MR) is 104 cm³/mol. The molecule has 2 aromatic rings. The quantitative estimate of drug-likeness (QED) is 0.439. The summed E-state index contributed by atoms with van der Waals surface area (Å²) in [6, 6.07) is 6.88. The molecule has 3 nitrogen and oxygen atoms in total. The Balaban J connectivity index is 1.88. The molecular weight excluding hydrogens is 305 g/mol. The fourth-order valence-corrected chi connectivity index (χ4v) is 5.19. The molecule has 0 fully saturated rings. The molecule has 1 aromatic heterocycles. The van der Waals surface area contributed by atoms with E-state index in [9.17, 15) is 0 Å². The SMILES string of the molecule is CC(C)=C(C)B1N(C)c2cccc3c2-c2n1cc[n+]2C1(C)C=CCC31. The van der Waals surface area contributed by atoms with Crippen molar-refractivity contribution in [1.29, 1.82) is 0 Å². The summed E-state index contributed by atoms with van der Waals surface area (Å²) in [7, 11) is 2.24. The molecule has 0 spiro atoms. The number of rotatable bonds is 1. The van der Waals surface area contributed by atoms with E-state index in [0.717, 1.165) is 6.42 Å². The average molecular weight is 330 g/mol. The molecule has 126 valence electrons. The lowest BCUT2D eigenvalue weighted by Gasteiger charge is -2.40. The van der Waals surface area contributed by atoms with Crippen molar-refractivity contribution in [2.24, 2.45) is 0 Å². The van der Waals surface area contributed by atoms with E-state index in [1.165, 1.54) is 33.7 Å². The Kier molecular flexibility index (Phi) is 2.82. The number of nitrogens with zero attached hydrogens (tertiary/aromatic N) is 3. The van der Waals surface area contributed by atoms with Gasteiger partial charge in [-0.05, 0) is 64.3 Å². The van der Waals surface area contributed by atoms with Gasteiger partial charge in [0.2, 0.25) is 0 Å². The van der Waals surface area contributed by atoms with E-state index in [4.69, 9.17) is 0 Å². The third-order valence-electron chi connectivity index (χ3n) is 6.76. The van der Waals surface area contributed by atoms with E-state index in [1.54, 1.807) is 0 Å². The third-order valence-corrected chi connectivity index (χ3v) is 6.76. The minimum Gasteiger partial charge on any atom is -0.372 e. The highest BCUT2D eigenvalue weighted by atomic mass is 15.3. The van der Waals surface area contributed by atoms with Gasteiger partial charge in [-0.2, -0.15) is 0 Å². The fourth-order valence-electron chi connectivity index (χ4n) is 5.19. The number of imidazole rings is 1. The molecule has 1 aromatic carbocycles. The van der Waals surface area contributed by atoms with Crippen molar-refractivity contribution in [3.63, 3.8) is 0 Å². The molecule has 0 N–H and O–H groups in total. The maximum atomic E-state index is 2.52. The molecule has 0 radical (unpaired) electrons. The highest BCUT2D eigenvalue weighted by Crippen LogP contribution is 2.51. The van der Waals surface area contributed by atoms with Crippen LogP contribution in [-0.2, 0) is 5.54 Å². The molecule has 0 amide bonds. The van der Waals surface area contributed by atoms with Crippen LogP contribution < -0.4 is 9.38 Å². The van der Waals surface area contributed by atoms with Crippen LogP contribution in [0.5, 0.6) is 0 Å². The van der Waals surface area contributed by atoms with E-state index in [-0.39, 0.29) is 12.5 Å². The van der Waals surface area contributed by atoms with Gasteiger partial charge < -0.3 is 4.81 Å².